The average Bonchev–Trinajstić information content (AvgIpc) is 2.56. The summed E-state index contributed by atoms with van der Waals surface area (Å²) in [7, 11) is 0. The Morgan fingerprint density at radius 3 is 1.73 bits per heavy atom. The molecular formula is C18H24N4. The molecule has 0 aliphatic heterocycles. The Bertz CT molecular complexity index is 610. The predicted octanol–water partition coefficient (Wildman–Crippen LogP) is 1.73. The van der Waals surface area contributed by atoms with Crippen molar-refractivity contribution < 1.29 is 0 Å². The number of rotatable bonds is 8. The van der Waals surface area contributed by atoms with Crippen LogP contribution in [0.1, 0.15) is 39.5 Å². The number of unbranched alkanes of at least 4 members (excludes halogenated alkanes) is 2. The Balaban J connectivity index is 3.08. The van der Waals surface area contributed by atoms with Crippen LogP contribution in [0.25, 0.3) is 11.4 Å². The minimum atomic E-state index is 0.144. The SMILES string of the molecule is CCCCNC(NCCCC)=c1ccc(=C(C#N)C#N)cc1. The van der Waals surface area contributed by atoms with Crippen molar-refractivity contribution in [3.8, 4) is 12.1 Å². The van der Waals surface area contributed by atoms with Gasteiger partial charge in [0.25, 0.3) is 0 Å². The standard InChI is InChI=1S/C18H24N4/c1-3-5-11-21-18(22-12-6-4-2)16-9-7-15(8-10-16)17(13-19)14-20/h7-10,21-22H,3-6,11-12H2,1-2H3. The van der Waals surface area contributed by atoms with Crippen LogP contribution in [0.4, 0.5) is 0 Å². The van der Waals surface area contributed by atoms with E-state index in [4.69, 9.17) is 10.5 Å². The van der Waals surface area contributed by atoms with Gasteiger partial charge in [0, 0.05) is 23.5 Å². The van der Waals surface area contributed by atoms with Gasteiger partial charge in [0.05, 0.1) is 0 Å². The van der Waals surface area contributed by atoms with Crippen LogP contribution in [0.2, 0.25) is 0 Å². The second-order valence-electron chi connectivity index (χ2n) is 5.11. The maximum absolute atomic E-state index is 8.91. The van der Waals surface area contributed by atoms with Crippen molar-refractivity contribution in [1.29, 1.82) is 10.5 Å². The molecule has 1 aromatic carbocycles. The molecule has 0 atom stereocenters. The topological polar surface area (TPSA) is 71.6 Å². The normalized spacial score (nSPS) is 9.45. The molecule has 0 aliphatic rings. The average molecular weight is 296 g/mol. The maximum atomic E-state index is 8.91. The third-order valence-electron chi connectivity index (χ3n) is 3.35. The fraction of sp³-hybridized carbons (Fsp3) is 0.444. The lowest BCUT2D eigenvalue weighted by Crippen LogP contribution is -2.33. The van der Waals surface area contributed by atoms with Crippen molar-refractivity contribution in [2.24, 2.45) is 0 Å². The highest BCUT2D eigenvalue weighted by Gasteiger charge is 1.98. The van der Waals surface area contributed by atoms with Crippen molar-refractivity contribution in [1.82, 2.24) is 10.6 Å². The Morgan fingerprint density at radius 2 is 1.32 bits per heavy atom. The first kappa shape index (κ1) is 17.6. The second kappa shape index (κ2) is 10.3. The zero-order valence-electron chi connectivity index (χ0n) is 13.4. The Kier molecular flexibility index (Phi) is 8.23. The lowest BCUT2D eigenvalue weighted by atomic mass is 10.2. The Morgan fingerprint density at radius 1 is 0.864 bits per heavy atom. The summed E-state index contributed by atoms with van der Waals surface area (Å²) in [6.45, 7) is 6.20. The molecule has 4 nitrogen and oxygen atoms in total. The third-order valence-corrected chi connectivity index (χ3v) is 3.35. The van der Waals surface area contributed by atoms with Crippen LogP contribution in [-0.2, 0) is 0 Å². The van der Waals surface area contributed by atoms with E-state index in [9.17, 15) is 0 Å². The fourth-order valence-corrected chi connectivity index (χ4v) is 2.00. The molecule has 0 heterocycles. The molecule has 0 radical (unpaired) electrons. The van der Waals surface area contributed by atoms with E-state index in [1.54, 1.807) is 0 Å². The summed E-state index contributed by atoms with van der Waals surface area (Å²) in [5.41, 5.74) is 0.144. The van der Waals surface area contributed by atoms with E-state index < -0.39 is 0 Å². The van der Waals surface area contributed by atoms with E-state index in [1.807, 2.05) is 36.4 Å². The molecule has 1 rings (SSSR count). The molecular weight excluding hydrogens is 272 g/mol. The van der Waals surface area contributed by atoms with Gasteiger partial charge in [-0.3, -0.25) is 0 Å². The lowest BCUT2D eigenvalue weighted by molar-refractivity contribution is 0.680. The number of nitriles is 2. The maximum Gasteiger partial charge on any atom is 0.136 e. The lowest BCUT2D eigenvalue weighted by Gasteiger charge is -2.13. The smallest absolute Gasteiger partial charge is 0.136 e. The van der Waals surface area contributed by atoms with Gasteiger partial charge < -0.3 is 10.6 Å². The van der Waals surface area contributed by atoms with Gasteiger partial charge in [-0.25, -0.2) is 0 Å². The van der Waals surface area contributed by atoms with Crippen LogP contribution in [0, 0.1) is 22.7 Å². The van der Waals surface area contributed by atoms with Crippen LogP contribution in [0.3, 0.4) is 0 Å². The zero-order valence-corrected chi connectivity index (χ0v) is 13.4. The first-order valence-electron chi connectivity index (χ1n) is 7.89. The van der Waals surface area contributed by atoms with Crippen LogP contribution in [0.5, 0.6) is 0 Å². The Labute approximate surface area is 132 Å². The third kappa shape index (κ3) is 5.50. The zero-order chi connectivity index (χ0) is 16.2. The first-order valence-corrected chi connectivity index (χ1v) is 7.89. The quantitative estimate of drug-likeness (QED) is 0.717. The predicted molar refractivity (Wildman–Crippen MR) is 89.6 cm³/mol. The van der Waals surface area contributed by atoms with Gasteiger partial charge in [-0.2, -0.15) is 10.5 Å². The van der Waals surface area contributed by atoms with Crippen LogP contribution in [0.15, 0.2) is 24.3 Å². The molecule has 1 aromatic rings. The second-order valence-corrected chi connectivity index (χ2v) is 5.11. The summed E-state index contributed by atoms with van der Waals surface area (Å²) in [6, 6.07) is 11.4. The van der Waals surface area contributed by atoms with Crippen molar-refractivity contribution in [2.45, 2.75) is 39.5 Å². The molecule has 0 aliphatic carbocycles. The number of hydrogen-bond acceptors (Lipinski definition) is 4. The molecule has 0 unspecified atom stereocenters. The van der Waals surface area contributed by atoms with Crippen molar-refractivity contribution in [3.05, 3.63) is 34.7 Å². The Hall–Kier alpha value is -2.46. The fourth-order valence-electron chi connectivity index (χ4n) is 2.00. The summed E-state index contributed by atoms with van der Waals surface area (Å²) in [4.78, 5) is 0. The summed E-state index contributed by atoms with van der Waals surface area (Å²) in [6.07, 6.45) is 4.54. The van der Waals surface area contributed by atoms with Gasteiger partial charge in [-0.15, -0.1) is 0 Å². The van der Waals surface area contributed by atoms with Crippen LogP contribution in [-0.4, -0.2) is 13.1 Å². The summed E-state index contributed by atoms with van der Waals surface area (Å²) >= 11 is 0. The van der Waals surface area contributed by atoms with Gasteiger partial charge in [0.2, 0.25) is 0 Å². The largest absolute Gasteiger partial charge is 0.371 e. The molecule has 116 valence electrons. The van der Waals surface area contributed by atoms with E-state index in [0.717, 1.165) is 49.8 Å². The highest BCUT2D eigenvalue weighted by Crippen LogP contribution is 1.91. The molecule has 22 heavy (non-hydrogen) atoms. The summed E-state index contributed by atoms with van der Waals surface area (Å²) < 4.78 is 0. The molecule has 0 aromatic heterocycles. The molecule has 0 spiro atoms. The number of nitrogens with one attached hydrogen (secondary N) is 2. The molecule has 0 fully saturated rings. The molecule has 0 bridgehead atoms. The van der Waals surface area contributed by atoms with E-state index in [0.29, 0.717) is 5.22 Å². The monoisotopic (exact) mass is 296 g/mol. The van der Waals surface area contributed by atoms with Crippen LogP contribution < -0.4 is 21.1 Å². The van der Waals surface area contributed by atoms with Crippen molar-refractivity contribution >= 4 is 11.4 Å². The van der Waals surface area contributed by atoms with E-state index >= 15 is 0 Å². The summed E-state index contributed by atoms with van der Waals surface area (Å²) in [5.74, 6) is 1.02. The molecule has 0 amide bonds. The van der Waals surface area contributed by atoms with Crippen molar-refractivity contribution in [3.63, 3.8) is 0 Å². The van der Waals surface area contributed by atoms with E-state index in [-0.39, 0.29) is 5.57 Å². The number of nitrogens with zero attached hydrogens (tertiary/aromatic N) is 2. The molecule has 0 saturated heterocycles. The van der Waals surface area contributed by atoms with Crippen molar-refractivity contribution in [2.75, 3.05) is 13.1 Å². The molecule has 0 saturated carbocycles. The van der Waals surface area contributed by atoms with Gasteiger partial charge >= 0.3 is 0 Å². The van der Waals surface area contributed by atoms with E-state index in [1.165, 1.54) is 0 Å². The van der Waals surface area contributed by atoms with Gasteiger partial charge in [0.1, 0.15) is 23.5 Å². The van der Waals surface area contributed by atoms with Gasteiger partial charge in [-0.1, -0.05) is 51.0 Å². The highest BCUT2D eigenvalue weighted by atomic mass is 15.1. The summed E-state index contributed by atoms with van der Waals surface area (Å²) in [5, 5.41) is 26.4. The first-order chi connectivity index (χ1) is 10.8. The van der Waals surface area contributed by atoms with Gasteiger partial charge in [-0.05, 0) is 12.8 Å². The molecule has 2 N–H and O–H groups in total. The minimum absolute atomic E-state index is 0.144. The molecule has 4 heteroatoms. The number of benzene rings is 1. The van der Waals surface area contributed by atoms with E-state index in [2.05, 4.69) is 24.5 Å². The van der Waals surface area contributed by atoms with Gasteiger partial charge in [0.15, 0.2) is 0 Å². The van der Waals surface area contributed by atoms with Crippen LogP contribution >= 0.6 is 0 Å². The highest BCUT2D eigenvalue weighted by molar-refractivity contribution is 5.72. The number of hydrogen-bond donors (Lipinski definition) is 2. The minimum Gasteiger partial charge on any atom is -0.371 e.